The molecule has 2 atom stereocenters. The third-order valence-corrected chi connectivity index (χ3v) is 3.69. The maximum absolute atomic E-state index is 11.9. The highest BCUT2D eigenvalue weighted by atomic mass is 35.5. The molecule has 2 aromatic rings. The topological polar surface area (TPSA) is 49.3 Å². The Balaban J connectivity index is 1.91. The number of benzene rings is 2. The summed E-state index contributed by atoms with van der Waals surface area (Å²) in [7, 11) is 0. The van der Waals surface area contributed by atoms with E-state index in [0.717, 1.165) is 0 Å². The van der Waals surface area contributed by atoms with Crippen molar-refractivity contribution in [1.82, 2.24) is 5.32 Å². The number of aliphatic hydroxyl groups is 1. The van der Waals surface area contributed by atoms with Crippen molar-refractivity contribution in [2.75, 3.05) is 6.54 Å². The zero-order chi connectivity index (χ0) is 15.2. The maximum atomic E-state index is 11.9. The van der Waals surface area contributed by atoms with Gasteiger partial charge in [-0.1, -0.05) is 41.9 Å². The van der Waals surface area contributed by atoms with E-state index in [9.17, 15) is 9.90 Å². The Kier molecular flexibility index (Phi) is 5.62. The number of carbonyl (C=O) groups excluding carboxylic acids is 1. The zero-order valence-corrected chi connectivity index (χ0v) is 12.7. The highest BCUT2D eigenvalue weighted by Crippen LogP contribution is 2.22. The number of hydrogen-bond acceptors (Lipinski definition) is 2. The number of alkyl halides is 1. The first-order chi connectivity index (χ1) is 10.1. The molecule has 2 aromatic carbocycles. The molecule has 0 saturated heterocycles. The average molecular weight is 324 g/mol. The molecular weight excluding hydrogens is 309 g/mol. The molecule has 110 valence electrons. The summed E-state index contributed by atoms with van der Waals surface area (Å²) >= 11 is 11.9. The van der Waals surface area contributed by atoms with Crippen molar-refractivity contribution in [3.8, 4) is 0 Å². The van der Waals surface area contributed by atoms with E-state index in [2.05, 4.69) is 5.32 Å². The van der Waals surface area contributed by atoms with Gasteiger partial charge in [-0.05, 0) is 29.8 Å². The normalized spacial score (nSPS) is 13.5. The van der Waals surface area contributed by atoms with Gasteiger partial charge in [-0.25, -0.2) is 0 Å². The molecule has 21 heavy (non-hydrogen) atoms. The fourth-order valence-corrected chi connectivity index (χ4v) is 2.21. The SMILES string of the molecule is O=C(NCC(Cl)C(O)c1ccc(Cl)cc1)c1ccccc1. The summed E-state index contributed by atoms with van der Waals surface area (Å²) in [5.41, 5.74) is 1.22. The molecule has 0 aliphatic heterocycles. The lowest BCUT2D eigenvalue weighted by Gasteiger charge is -2.18. The van der Waals surface area contributed by atoms with E-state index in [0.29, 0.717) is 16.1 Å². The Bertz CT molecular complexity index is 587. The number of hydrogen-bond donors (Lipinski definition) is 2. The van der Waals surface area contributed by atoms with Crippen LogP contribution in [0, 0.1) is 0 Å². The molecule has 3 nitrogen and oxygen atoms in total. The summed E-state index contributed by atoms with van der Waals surface area (Å²) in [5.74, 6) is -0.218. The summed E-state index contributed by atoms with van der Waals surface area (Å²) < 4.78 is 0. The number of nitrogens with one attached hydrogen (secondary N) is 1. The average Bonchev–Trinajstić information content (AvgIpc) is 2.53. The summed E-state index contributed by atoms with van der Waals surface area (Å²) in [4.78, 5) is 11.9. The fourth-order valence-electron chi connectivity index (χ4n) is 1.86. The van der Waals surface area contributed by atoms with Gasteiger partial charge in [0.25, 0.3) is 5.91 Å². The minimum absolute atomic E-state index is 0.166. The Morgan fingerprint density at radius 3 is 2.33 bits per heavy atom. The molecule has 0 aliphatic carbocycles. The van der Waals surface area contributed by atoms with Crippen LogP contribution in [-0.2, 0) is 0 Å². The number of rotatable bonds is 5. The van der Waals surface area contributed by atoms with Crippen LogP contribution >= 0.6 is 23.2 Å². The van der Waals surface area contributed by atoms with E-state index < -0.39 is 11.5 Å². The van der Waals surface area contributed by atoms with Crippen LogP contribution in [0.1, 0.15) is 22.0 Å². The van der Waals surface area contributed by atoms with Crippen LogP contribution in [0.4, 0.5) is 0 Å². The third-order valence-electron chi connectivity index (χ3n) is 3.05. The second-order valence-corrected chi connectivity index (χ2v) is 5.59. The Morgan fingerprint density at radius 1 is 1.10 bits per heavy atom. The molecule has 0 aromatic heterocycles. The van der Waals surface area contributed by atoms with Gasteiger partial charge in [0, 0.05) is 17.1 Å². The van der Waals surface area contributed by atoms with Crippen LogP contribution < -0.4 is 5.32 Å². The molecule has 2 N–H and O–H groups in total. The summed E-state index contributed by atoms with van der Waals surface area (Å²) in [6.45, 7) is 0.166. The number of aliphatic hydroxyl groups excluding tert-OH is 1. The summed E-state index contributed by atoms with van der Waals surface area (Å²) in [5, 5.41) is 12.8. The first-order valence-corrected chi connectivity index (χ1v) is 7.30. The number of halogens is 2. The van der Waals surface area contributed by atoms with Crippen LogP contribution in [0.15, 0.2) is 54.6 Å². The molecule has 0 fully saturated rings. The Hall–Kier alpha value is -1.55. The molecule has 0 radical (unpaired) electrons. The van der Waals surface area contributed by atoms with Gasteiger partial charge in [0.15, 0.2) is 0 Å². The van der Waals surface area contributed by atoms with Gasteiger partial charge < -0.3 is 10.4 Å². The molecule has 5 heteroatoms. The van der Waals surface area contributed by atoms with E-state index in [1.54, 1.807) is 48.5 Å². The highest BCUT2D eigenvalue weighted by molar-refractivity contribution is 6.30. The first-order valence-electron chi connectivity index (χ1n) is 6.49. The first kappa shape index (κ1) is 15.8. The lowest BCUT2D eigenvalue weighted by atomic mass is 10.1. The van der Waals surface area contributed by atoms with Gasteiger partial charge in [0.2, 0.25) is 0 Å². The van der Waals surface area contributed by atoms with Crippen LogP contribution in [0.5, 0.6) is 0 Å². The third kappa shape index (κ3) is 4.46. The van der Waals surface area contributed by atoms with Crippen LogP contribution in [0.25, 0.3) is 0 Å². The monoisotopic (exact) mass is 323 g/mol. The summed E-state index contributed by atoms with van der Waals surface area (Å²) in [6, 6.07) is 15.6. The Labute approximate surface area is 133 Å². The van der Waals surface area contributed by atoms with E-state index in [1.165, 1.54) is 0 Å². The standard InChI is InChI=1S/C16H15Cl2NO2/c17-13-8-6-11(7-9-13)15(20)14(18)10-19-16(21)12-4-2-1-3-5-12/h1-9,14-15,20H,10H2,(H,19,21). The van der Waals surface area contributed by atoms with Gasteiger partial charge in [0.05, 0.1) is 11.5 Å². The zero-order valence-electron chi connectivity index (χ0n) is 11.2. The van der Waals surface area contributed by atoms with E-state index in [-0.39, 0.29) is 12.5 Å². The molecule has 0 heterocycles. The van der Waals surface area contributed by atoms with E-state index >= 15 is 0 Å². The van der Waals surface area contributed by atoms with Crippen molar-refractivity contribution < 1.29 is 9.90 Å². The van der Waals surface area contributed by atoms with E-state index in [1.807, 2.05) is 6.07 Å². The van der Waals surface area contributed by atoms with Crippen molar-refractivity contribution in [2.45, 2.75) is 11.5 Å². The second-order valence-electron chi connectivity index (χ2n) is 4.59. The molecule has 2 unspecified atom stereocenters. The van der Waals surface area contributed by atoms with Gasteiger partial charge in [-0.2, -0.15) is 0 Å². The Morgan fingerprint density at radius 2 is 1.71 bits per heavy atom. The number of amides is 1. The quantitative estimate of drug-likeness (QED) is 0.828. The minimum Gasteiger partial charge on any atom is -0.387 e. The molecular formula is C16H15Cl2NO2. The van der Waals surface area contributed by atoms with Crippen LogP contribution in [0.2, 0.25) is 5.02 Å². The molecule has 1 amide bonds. The van der Waals surface area contributed by atoms with Crippen molar-refractivity contribution in [1.29, 1.82) is 0 Å². The van der Waals surface area contributed by atoms with Gasteiger partial charge in [-0.15, -0.1) is 11.6 Å². The molecule has 0 spiro atoms. The molecule has 2 rings (SSSR count). The van der Waals surface area contributed by atoms with Crippen LogP contribution in [-0.4, -0.2) is 22.9 Å². The molecule has 0 saturated carbocycles. The largest absolute Gasteiger partial charge is 0.387 e. The van der Waals surface area contributed by atoms with Crippen molar-refractivity contribution >= 4 is 29.1 Å². The summed E-state index contributed by atoms with van der Waals surface area (Å²) in [6.07, 6.45) is -0.875. The van der Waals surface area contributed by atoms with Crippen LogP contribution in [0.3, 0.4) is 0 Å². The van der Waals surface area contributed by atoms with Gasteiger partial charge >= 0.3 is 0 Å². The lowest BCUT2D eigenvalue weighted by Crippen LogP contribution is -2.32. The lowest BCUT2D eigenvalue weighted by molar-refractivity contribution is 0.0944. The predicted molar refractivity (Wildman–Crippen MR) is 84.8 cm³/mol. The minimum atomic E-state index is -0.875. The predicted octanol–water partition coefficient (Wildman–Crippen LogP) is 3.41. The smallest absolute Gasteiger partial charge is 0.251 e. The van der Waals surface area contributed by atoms with E-state index in [4.69, 9.17) is 23.2 Å². The number of carbonyl (C=O) groups is 1. The highest BCUT2D eigenvalue weighted by Gasteiger charge is 2.19. The van der Waals surface area contributed by atoms with Crippen molar-refractivity contribution in [3.63, 3.8) is 0 Å². The molecule has 0 aliphatic rings. The van der Waals surface area contributed by atoms with Crippen molar-refractivity contribution in [3.05, 3.63) is 70.7 Å². The fraction of sp³-hybridized carbons (Fsp3) is 0.188. The van der Waals surface area contributed by atoms with Gasteiger partial charge in [0.1, 0.15) is 0 Å². The van der Waals surface area contributed by atoms with Gasteiger partial charge in [-0.3, -0.25) is 4.79 Å². The van der Waals surface area contributed by atoms with Crippen molar-refractivity contribution in [2.24, 2.45) is 0 Å². The molecule has 0 bridgehead atoms. The second kappa shape index (κ2) is 7.46. The maximum Gasteiger partial charge on any atom is 0.251 e.